The van der Waals surface area contributed by atoms with Gasteiger partial charge >= 0.3 is 0 Å². The van der Waals surface area contributed by atoms with E-state index in [9.17, 15) is 9.59 Å². The molecule has 0 unspecified atom stereocenters. The molecule has 1 N–H and O–H groups in total. The van der Waals surface area contributed by atoms with Crippen LogP contribution in [-0.2, 0) is 4.79 Å². The average molecular weight is 395 g/mol. The minimum absolute atomic E-state index is 0.0542. The quantitative estimate of drug-likeness (QED) is 0.826. The van der Waals surface area contributed by atoms with Gasteiger partial charge in [-0.15, -0.1) is 11.8 Å². The summed E-state index contributed by atoms with van der Waals surface area (Å²) in [6, 6.07) is 6.75. The van der Waals surface area contributed by atoms with Gasteiger partial charge in [0.05, 0.1) is 16.0 Å². The van der Waals surface area contributed by atoms with E-state index in [1.165, 1.54) is 19.3 Å². The van der Waals surface area contributed by atoms with E-state index in [1.54, 1.807) is 23.9 Å². The van der Waals surface area contributed by atoms with Crippen LogP contribution >= 0.6 is 23.4 Å². The van der Waals surface area contributed by atoms with E-state index in [0.717, 1.165) is 12.8 Å². The molecule has 1 aliphatic heterocycles. The van der Waals surface area contributed by atoms with Crippen LogP contribution in [0.2, 0.25) is 5.02 Å². The molecule has 0 radical (unpaired) electrons. The molecule has 2 amide bonds. The third kappa shape index (κ3) is 4.20. The lowest BCUT2D eigenvalue weighted by molar-refractivity contribution is -0.125. The van der Waals surface area contributed by atoms with Gasteiger partial charge in [-0.25, -0.2) is 0 Å². The summed E-state index contributed by atoms with van der Waals surface area (Å²) in [5.74, 6) is 0.916. The summed E-state index contributed by atoms with van der Waals surface area (Å²) in [7, 11) is 0. The summed E-state index contributed by atoms with van der Waals surface area (Å²) in [4.78, 5) is 28.0. The highest BCUT2D eigenvalue weighted by Crippen LogP contribution is 2.41. The Morgan fingerprint density at radius 2 is 1.88 bits per heavy atom. The van der Waals surface area contributed by atoms with Crippen LogP contribution in [0.4, 0.5) is 0 Å². The molecule has 1 aliphatic carbocycles. The second-order valence-corrected chi connectivity index (χ2v) is 9.05. The third-order valence-electron chi connectivity index (χ3n) is 5.16. The molecule has 1 heterocycles. The summed E-state index contributed by atoms with van der Waals surface area (Å²) in [6.45, 7) is 3.89. The average Bonchev–Trinajstić information content (AvgIpc) is 3.07. The van der Waals surface area contributed by atoms with Crippen LogP contribution in [0.1, 0.15) is 56.3 Å². The molecule has 2 aliphatic rings. The molecule has 0 aromatic heterocycles. The smallest absolute Gasteiger partial charge is 0.256 e. The number of rotatable bonds is 4. The Morgan fingerprint density at radius 1 is 1.19 bits per heavy atom. The highest BCUT2D eigenvalue weighted by Gasteiger charge is 2.45. The number of benzene rings is 1. The number of amides is 2. The normalized spacial score (nSPS) is 24.1. The first-order chi connectivity index (χ1) is 12.5. The van der Waals surface area contributed by atoms with Gasteiger partial charge in [0, 0.05) is 11.8 Å². The third-order valence-corrected chi connectivity index (χ3v) is 6.95. The molecule has 26 heavy (non-hydrogen) atoms. The SMILES string of the molecule is CC(C)NC(=O)[C@H]1CS[C@@H](C2CCCCC2)N1C(=O)c1ccccc1Cl. The molecule has 6 heteroatoms. The maximum atomic E-state index is 13.4. The Balaban J connectivity index is 1.89. The maximum absolute atomic E-state index is 13.4. The molecule has 2 fully saturated rings. The lowest BCUT2D eigenvalue weighted by atomic mass is 9.88. The molecular formula is C20H27ClN2O2S. The van der Waals surface area contributed by atoms with Crippen molar-refractivity contribution >= 4 is 35.2 Å². The van der Waals surface area contributed by atoms with Gasteiger partial charge in [0.25, 0.3) is 5.91 Å². The fraction of sp³-hybridized carbons (Fsp3) is 0.600. The fourth-order valence-electron chi connectivity index (χ4n) is 3.92. The van der Waals surface area contributed by atoms with Crippen molar-refractivity contribution in [2.45, 2.75) is 63.4 Å². The molecule has 142 valence electrons. The Labute approximate surface area is 165 Å². The number of nitrogens with one attached hydrogen (secondary N) is 1. The number of halogens is 1. The van der Waals surface area contributed by atoms with Crippen molar-refractivity contribution in [3.05, 3.63) is 34.9 Å². The van der Waals surface area contributed by atoms with Gasteiger partial charge in [0.2, 0.25) is 5.91 Å². The van der Waals surface area contributed by atoms with Crippen LogP contribution in [0.3, 0.4) is 0 Å². The predicted octanol–water partition coefficient (Wildman–Crippen LogP) is 4.33. The Hall–Kier alpha value is -1.20. The summed E-state index contributed by atoms with van der Waals surface area (Å²) < 4.78 is 0. The van der Waals surface area contributed by atoms with Crippen LogP contribution in [0.15, 0.2) is 24.3 Å². The predicted molar refractivity (Wildman–Crippen MR) is 108 cm³/mol. The Bertz CT molecular complexity index is 661. The first-order valence-electron chi connectivity index (χ1n) is 9.48. The number of carbonyl (C=O) groups excluding carboxylic acids is 2. The Kier molecular flexibility index (Phi) is 6.51. The molecule has 1 saturated carbocycles. The van der Waals surface area contributed by atoms with Crippen LogP contribution in [0, 0.1) is 5.92 Å². The minimum atomic E-state index is -0.432. The van der Waals surface area contributed by atoms with Crippen LogP contribution < -0.4 is 5.32 Å². The summed E-state index contributed by atoms with van der Waals surface area (Å²) >= 11 is 8.04. The van der Waals surface area contributed by atoms with E-state index < -0.39 is 6.04 Å². The number of thioether (sulfide) groups is 1. The van der Waals surface area contributed by atoms with Gasteiger partial charge in [-0.1, -0.05) is 43.0 Å². The van der Waals surface area contributed by atoms with Crippen LogP contribution in [0.25, 0.3) is 0 Å². The zero-order valence-corrected chi connectivity index (χ0v) is 17.0. The van der Waals surface area contributed by atoms with E-state index in [1.807, 2.05) is 30.9 Å². The molecule has 2 atom stereocenters. The van der Waals surface area contributed by atoms with Gasteiger partial charge in [0.1, 0.15) is 6.04 Å². The summed E-state index contributed by atoms with van der Waals surface area (Å²) in [5, 5.41) is 3.48. The fourth-order valence-corrected chi connectivity index (χ4v) is 5.78. The zero-order valence-electron chi connectivity index (χ0n) is 15.4. The second kappa shape index (κ2) is 8.66. The monoisotopic (exact) mass is 394 g/mol. The zero-order chi connectivity index (χ0) is 18.7. The van der Waals surface area contributed by atoms with E-state index in [2.05, 4.69) is 5.32 Å². The van der Waals surface area contributed by atoms with Crippen LogP contribution in [0.5, 0.6) is 0 Å². The van der Waals surface area contributed by atoms with Gasteiger partial charge in [0.15, 0.2) is 0 Å². The van der Waals surface area contributed by atoms with E-state index in [4.69, 9.17) is 11.6 Å². The van der Waals surface area contributed by atoms with Crippen molar-refractivity contribution in [1.29, 1.82) is 0 Å². The van der Waals surface area contributed by atoms with Gasteiger partial charge < -0.3 is 10.2 Å². The summed E-state index contributed by atoms with van der Waals surface area (Å²) in [6.07, 6.45) is 5.94. The molecule has 1 saturated heterocycles. The van der Waals surface area contributed by atoms with Crippen molar-refractivity contribution in [2.75, 3.05) is 5.75 Å². The first kappa shape index (κ1) is 19.6. The molecule has 1 aromatic rings. The van der Waals surface area contributed by atoms with Crippen molar-refractivity contribution in [3.63, 3.8) is 0 Å². The lowest BCUT2D eigenvalue weighted by Crippen LogP contribution is -2.52. The standard InChI is InChI=1S/C20H27ClN2O2S/c1-13(2)22-18(24)17-12-26-20(14-8-4-3-5-9-14)23(17)19(25)15-10-6-7-11-16(15)21/h6-7,10-11,13-14,17,20H,3-5,8-9,12H2,1-2H3,(H,22,24)/t17-,20+/m1/s1. The van der Waals surface area contributed by atoms with Crippen molar-refractivity contribution in [2.24, 2.45) is 5.92 Å². The lowest BCUT2D eigenvalue weighted by Gasteiger charge is -2.35. The largest absolute Gasteiger partial charge is 0.352 e. The van der Waals surface area contributed by atoms with Gasteiger partial charge in [-0.3, -0.25) is 9.59 Å². The molecule has 0 spiro atoms. The van der Waals surface area contributed by atoms with Crippen molar-refractivity contribution in [1.82, 2.24) is 10.2 Å². The molecular weight excluding hydrogens is 368 g/mol. The maximum Gasteiger partial charge on any atom is 0.256 e. The first-order valence-corrected chi connectivity index (χ1v) is 10.9. The van der Waals surface area contributed by atoms with Crippen LogP contribution in [-0.4, -0.2) is 39.9 Å². The highest BCUT2D eigenvalue weighted by molar-refractivity contribution is 8.00. The van der Waals surface area contributed by atoms with Crippen molar-refractivity contribution < 1.29 is 9.59 Å². The second-order valence-electron chi connectivity index (χ2n) is 7.49. The molecule has 0 bridgehead atoms. The number of nitrogens with zero attached hydrogens (tertiary/aromatic N) is 1. The highest BCUT2D eigenvalue weighted by atomic mass is 35.5. The van der Waals surface area contributed by atoms with Crippen molar-refractivity contribution in [3.8, 4) is 0 Å². The van der Waals surface area contributed by atoms with E-state index >= 15 is 0 Å². The van der Waals surface area contributed by atoms with E-state index in [-0.39, 0.29) is 23.2 Å². The molecule has 1 aromatic carbocycles. The van der Waals surface area contributed by atoms with Gasteiger partial charge in [-0.05, 0) is 44.7 Å². The topological polar surface area (TPSA) is 49.4 Å². The number of hydrogen-bond acceptors (Lipinski definition) is 3. The minimum Gasteiger partial charge on any atom is -0.352 e. The Morgan fingerprint density at radius 3 is 2.54 bits per heavy atom. The number of carbonyl (C=O) groups is 2. The molecule has 4 nitrogen and oxygen atoms in total. The number of hydrogen-bond donors (Lipinski definition) is 1. The van der Waals surface area contributed by atoms with Gasteiger partial charge in [-0.2, -0.15) is 0 Å². The molecule has 3 rings (SSSR count). The van der Waals surface area contributed by atoms with E-state index in [0.29, 0.717) is 22.3 Å². The summed E-state index contributed by atoms with van der Waals surface area (Å²) in [5.41, 5.74) is 0.486.